The van der Waals surface area contributed by atoms with Crippen molar-refractivity contribution in [1.29, 1.82) is 0 Å². The van der Waals surface area contributed by atoms with Gasteiger partial charge >= 0.3 is 5.97 Å². The highest BCUT2D eigenvalue weighted by atomic mass is 19.1. The van der Waals surface area contributed by atoms with Gasteiger partial charge in [0.2, 0.25) is 5.91 Å². The zero-order chi connectivity index (χ0) is 20.5. The van der Waals surface area contributed by atoms with E-state index >= 15 is 0 Å². The number of aliphatic carboxylic acids is 1. The van der Waals surface area contributed by atoms with Gasteiger partial charge in [-0.1, -0.05) is 39.0 Å². The first-order valence-electron chi connectivity index (χ1n) is 9.21. The Morgan fingerprint density at radius 3 is 2.61 bits per heavy atom. The van der Waals surface area contributed by atoms with Crippen LogP contribution >= 0.6 is 0 Å². The Morgan fingerprint density at radius 2 is 1.96 bits per heavy atom. The molecule has 0 aromatic heterocycles. The van der Waals surface area contributed by atoms with E-state index < -0.39 is 24.0 Å². The minimum absolute atomic E-state index is 0.0238. The summed E-state index contributed by atoms with van der Waals surface area (Å²) in [6, 6.07) is 11.2. The van der Waals surface area contributed by atoms with Gasteiger partial charge in [0.25, 0.3) is 0 Å². The molecule has 28 heavy (non-hydrogen) atoms. The molecule has 1 amide bonds. The summed E-state index contributed by atoms with van der Waals surface area (Å²) in [7, 11) is 0. The molecule has 0 bridgehead atoms. The summed E-state index contributed by atoms with van der Waals surface area (Å²) in [5.41, 5.74) is 1.96. The lowest BCUT2D eigenvalue weighted by molar-refractivity contribution is -0.141. The third-order valence-corrected chi connectivity index (χ3v) is 4.77. The van der Waals surface area contributed by atoms with Crippen LogP contribution in [0.5, 0.6) is 5.75 Å². The summed E-state index contributed by atoms with van der Waals surface area (Å²) in [4.78, 5) is 25.7. The largest absolute Gasteiger partial charge is 0.482 e. The Kier molecular flexibility index (Phi) is 5.40. The van der Waals surface area contributed by atoms with Crippen LogP contribution in [0.2, 0.25) is 0 Å². The van der Waals surface area contributed by atoms with E-state index in [9.17, 15) is 14.0 Å². The number of amides is 1. The highest BCUT2D eigenvalue weighted by molar-refractivity contribution is 5.83. The average molecular weight is 385 g/mol. The molecule has 0 saturated carbocycles. The standard InChI is InChI=1S/C22H24FNO4/c1-22(2,3)21(27)24-10-9-14-7-8-17(28-13-19(25)26)12-18(14)20(24)15-5-4-6-16(23)11-15/h4-8,11-12,20H,9-10,13H2,1-3H3,(H,25,26). The lowest BCUT2D eigenvalue weighted by Crippen LogP contribution is -2.45. The van der Waals surface area contributed by atoms with Gasteiger partial charge in [0.15, 0.2) is 6.61 Å². The molecule has 1 aliphatic heterocycles. The van der Waals surface area contributed by atoms with E-state index in [1.54, 1.807) is 29.2 Å². The molecule has 3 rings (SSSR count). The first kappa shape index (κ1) is 19.9. The Hall–Kier alpha value is -2.89. The quantitative estimate of drug-likeness (QED) is 0.869. The Morgan fingerprint density at radius 1 is 1.21 bits per heavy atom. The topological polar surface area (TPSA) is 66.8 Å². The normalized spacial score (nSPS) is 16.4. The summed E-state index contributed by atoms with van der Waals surface area (Å²) in [5, 5.41) is 8.86. The molecule has 0 spiro atoms. The maximum Gasteiger partial charge on any atom is 0.341 e. The number of carboxylic acids is 1. The number of fused-ring (bicyclic) bond motifs is 1. The molecule has 1 atom stereocenters. The van der Waals surface area contributed by atoms with Crippen LogP contribution in [-0.2, 0) is 16.0 Å². The van der Waals surface area contributed by atoms with Gasteiger partial charge in [0.1, 0.15) is 11.6 Å². The smallest absolute Gasteiger partial charge is 0.341 e. The maximum atomic E-state index is 14.0. The molecule has 1 unspecified atom stereocenters. The van der Waals surface area contributed by atoms with Gasteiger partial charge in [-0.25, -0.2) is 9.18 Å². The number of benzene rings is 2. The summed E-state index contributed by atoms with van der Waals surface area (Å²) in [5.74, 6) is -1.05. The van der Waals surface area contributed by atoms with Crippen molar-refractivity contribution in [3.05, 3.63) is 65.0 Å². The molecule has 1 heterocycles. The van der Waals surface area contributed by atoms with Crippen LogP contribution in [0.3, 0.4) is 0 Å². The number of hydrogen-bond donors (Lipinski definition) is 1. The highest BCUT2D eigenvalue weighted by Crippen LogP contribution is 2.39. The molecule has 2 aromatic carbocycles. The molecule has 5 nitrogen and oxygen atoms in total. The van der Waals surface area contributed by atoms with Gasteiger partial charge in [0, 0.05) is 12.0 Å². The van der Waals surface area contributed by atoms with Crippen LogP contribution in [0.4, 0.5) is 4.39 Å². The lowest BCUT2D eigenvalue weighted by Gasteiger charge is -2.41. The number of carbonyl (C=O) groups is 2. The molecule has 0 saturated heterocycles. The summed E-state index contributed by atoms with van der Waals surface area (Å²) < 4.78 is 19.3. The van der Waals surface area contributed by atoms with Gasteiger partial charge < -0.3 is 14.7 Å². The Balaban J connectivity index is 2.09. The van der Waals surface area contributed by atoms with E-state index in [4.69, 9.17) is 9.84 Å². The molecule has 0 radical (unpaired) electrons. The van der Waals surface area contributed by atoms with Gasteiger partial charge in [-0.15, -0.1) is 0 Å². The number of carboxylic acid groups (broad SMARTS) is 1. The van der Waals surface area contributed by atoms with Crippen LogP contribution in [-0.4, -0.2) is 35.0 Å². The van der Waals surface area contributed by atoms with Gasteiger partial charge in [0.05, 0.1) is 6.04 Å². The summed E-state index contributed by atoms with van der Waals surface area (Å²) in [6.07, 6.45) is 0.669. The number of nitrogens with zero attached hydrogens (tertiary/aromatic N) is 1. The number of hydrogen-bond acceptors (Lipinski definition) is 3. The molecule has 2 aromatic rings. The van der Waals surface area contributed by atoms with Gasteiger partial charge in [-0.2, -0.15) is 0 Å². The van der Waals surface area contributed by atoms with Crippen molar-refractivity contribution in [2.45, 2.75) is 33.2 Å². The minimum Gasteiger partial charge on any atom is -0.482 e. The van der Waals surface area contributed by atoms with Crippen molar-refractivity contribution < 1.29 is 23.8 Å². The van der Waals surface area contributed by atoms with Crippen LogP contribution < -0.4 is 4.74 Å². The average Bonchev–Trinajstić information content (AvgIpc) is 2.63. The fraction of sp³-hybridized carbons (Fsp3) is 0.364. The van der Waals surface area contributed by atoms with Crippen molar-refractivity contribution in [3.8, 4) is 5.75 Å². The van der Waals surface area contributed by atoms with E-state index in [-0.39, 0.29) is 11.7 Å². The number of rotatable bonds is 4. The number of ether oxygens (including phenoxy) is 1. The number of carbonyl (C=O) groups excluding carboxylic acids is 1. The first-order chi connectivity index (χ1) is 13.2. The second kappa shape index (κ2) is 7.62. The van der Waals surface area contributed by atoms with Gasteiger partial charge in [-0.3, -0.25) is 4.79 Å². The third-order valence-electron chi connectivity index (χ3n) is 4.77. The van der Waals surface area contributed by atoms with Crippen LogP contribution in [0, 0.1) is 11.2 Å². The third kappa shape index (κ3) is 4.16. The molecule has 0 fully saturated rings. The monoisotopic (exact) mass is 385 g/mol. The molecule has 6 heteroatoms. The second-order valence-electron chi connectivity index (χ2n) is 8.00. The van der Waals surface area contributed by atoms with Crippen molar-refractivity contribution in [1.82, 2.24) is 4.90 Å². The van der Waals surface area contributed by atoms with E-state index in [0.29, 0.717) is 24.3 Å². The fourth-order valence-corrected chi connectivity index (χ4v) is 3.51. The SMILES string of the molecule is CC(C)(C)C(=O)N1CCc2ccc(OCC(=O)O)cc2C1c1cccc(F)c1. The zero-order valence-corrected chi connectivity index (χ0v) is 16.2. The van der Waals surface area contributed by atoms with Gasteiger partial charge in [-0.05, 0) is 47.4 Å². The second-order valence-corrected chi connectivity index (χ2v) is 8.00. The minimum atomic E-state index is -1.07. The molecular formula is C22H24FNO4. The van der Waals surface area contributed by atoms with Crippen LogP contribution in [0.25, 0.3) is 0 Å². The lowest BCUT2D eigenvalue weighted by atomic mass is 9.85. The number of halogens is 1. The Bertz CT molecular complexity index is 904. The first-order valence-corrected chi connectivity index (χ1v) is 9.21. The van der Waals surface area contributed by atoms with E-state index in [2.05, 4.69) is 0 Å². The van der Waals surface area contributed by atoms with Crippen LogP contribution in [0.1, 0.15) is 43.5 Å². The molecular weight excluding hydrogens is 361 g/mol. The maximum absolute atomic E-state index is 14.0. The molecule has 148 valence electrons. The van der Waals surface area contributed by atoms with E-state index in [1.165, 1.54) is 12.1 Å². The van der Waals surface area contributed by atoms with Crippen molar-refractivity contribution in [3.63, 3.8) is 0 Å². The fourth-order valence-electron chi connectivity index (χ4n) is 3.51. The predicted octanol–water partition coefficient (Wildman–Crippen LogP) is 3.81. The summed E-state index contributed by atoms with van der Waals surface area (Å²) in [6.45, 7) is 5.66. The molecule has 1 N–H and O–H groups in total. The molecule has 1 aliphatic rings. The zero-order valence-electron chi connectivity index (χ0n) is 16.2. The Labute approximate surface area is 163 Å². The predicted molar refractivity (Wildman–Crippen MR) is 103 cm³/mol. The molecule has 0 aliphatic carbocycles. The van der Waals surface area contributed by atoms with Crippen molar-refractivity contribution in [2.75, 3.05) is 13.2 Å². The summed E-state index contributed by atoms with van der Waals surface area (Å²) >= 11 is 0. The van der Waals surface area contributed by atoms with E-state index in [1.807, 2.05) is 26.8 Å². The van der Waals surface area contributed by atoms with E-state index in [0.717, 1.165) is 11.1 Å². The van der Waals surface area contributed by atoms with Crippen molar-refractivity contribution in [2.24, 2.45) is 5.41 Å². The highest BCUT2D eigenvalue weighted by Gasteiger charge is 2.37. The van der Waals surface area contributed by atoms with Crippen molar-refractivity contribution >= 4 is 11.9 Å². The van der Waals surface area contributed by atoms with Crippen LogP contribution in [0.15, 0.2) is 42.5 Å².